The lowest BCUT2D eigenvalue weighted by molar-refractivity contribution is -0.384. The summed E-state index contributed by atoms with van der Waals surface area (Å²) in [5.41, 5.74) is -0.0364. The first kappa shape index (κ1) is 12.9. The Morgan fingerprint density at radius 3 is 2.44 bits per heavy atom. The minimum Gasteiger partial charge on any atom is -0.298 e. The molecule has 96 valence electrons. The van der Waals surface area contributed by atoms with Gasteiger partial charge in [-0.25, -0.2) is 0 Å². The maximum absolute atomic E-state index is 12.2. The number of carbonyl (C=O) groups is 1. The van der Waals surface area contributed by atoms with Crippen LogP contribution in [0.3, 0.4) is 0 Å². The van der Waals surface area contributed by atoms with Crippen LogP contribution in [-0.4, -0.2) is 20.2 Å². The molecule has 1 saturated carbocycles. The molecule has 1 fully saturated rings. The number of nitrogens with zero attached hydrogens (tertiary/aromatic N) is 1. The van der Waals surface area contributed by atoms with E-state index in [0.717, 1.165) is 12.8 Å². The van der Waals surface area contributed by atoms with E-state index < -0.39 is 21.0 Å². The number of ketones is 1. The molecule has 5 nitrogen and oxygen atoms in total. The number of rotatable bonds is 3. The molecular weight excluding hydrogens is 254 g/mol. The molecule has 2 atom stereocenters. The van der Waals surface area contributed by atoms with Crippen LogP contribution in [-0.2, 0) is 15.6 Å². The lowest BCUT2D eigenvalue weighted by Gasteiger charge is -2.19. The van der Waals surface area contributed by atoms with Gasteiger partial charge in [-0.1, -0.05) is 6.42 Å². The van der Waals surface area contributed by atoms with Crippen molar-refractivity contribution < 1.29 is 13.9 Å². The molecule has 0 saturated heterocycles. The number of nitro benzene ring substituents is 1. The van der Waals surface area contributed by atoms with Gasteiger partial charge in [-0.05, 0) is 25.0 Å². The first-order valence-corrected chi connectivity index (χ1v) is 6.98. The fourth-order valence-corrected chi connectivity index (χ4v) is 3.51. The minimum absolute atomic E-state index is 0.0364. The monoisotopic (exact) mass is 267 g/mol. The summed E-state index contributed by atoms with van der Waals surface area (Å²) in [6.07, 6.45) is 2.91. The average Bonchev–Trinajstić information content (AvgIpc) is 2.38. The van der Waals surface area contributed by atoms with Gasteiger partial charge in [-0.3, -0.25) is 19.1 Å². The Kier molecular flexibility index (Phi) is 3.86. The quantitative estimate of drug-likeness (QED) is 0.621. The van der Waals surface area contributed by atoms with Crippen LogP contribution in [0.15, 0.2) is 29.2 Å². The summed E-state index contributed by atoms with van der Waals surface area (Å²) >= 11 is 0. The van der Waals surface area contributed by atoms with Crippen molar-refractivity contribution in [2.24, 2.45) is 0 Å². The number of carbonyl (C=O) groups excluding carboxylic acids is 1. The Hall–Kier alpha value is -1.56. The molecular formula is C12H13NO4S. The molecule has 1 aliphatic rings. The zero-order valence-corrected chi connectivity index (χ0v) is 10.5. The van der Waals surface area contributed by atoms with Gasteiger partial charge in [0.05, 0.1) is 21.0 Å². The van der Waals surface area contributed by atoms with Crippen molar-refractivity contribution in [1.82, 2.24) is 0 Å². The van der Waals surface area contributed by atoms with Crippen LogP contribution in [0.4, 0.5) is 5.69 Å². The fraction of sp³-hybridized carbons (Fsp3) is 0.417. The summed E-state index contributed by atoms with van der Waals surface area (Å²) < 4.78 is 12.2. The molecule has 0 aromatic heterocycles. The second kappa shape index (κ2) is 5.39. The molecule has 0 aliphatic heterocycles. The van der Waals surface area contributed by atoms with Crippen molar-refractivity contribution in [3.05, 3.63) is 34.4 Å². The first-order chi connectivity index (χ1) is 8.59. The van der Waals surface area contributed by atoms with E-state index in [1.54, 1.807) is 0 Å². The first-order valence-electron chi connectivity index (χ1n) is 5.77. The minimum atomic E-state index is -1.39. The van der Waals surface area contributed by atoms with E-state index in [9.17, 15) is 19.1 Å². The van der Waals surface area contributed by atoms with Crippen molar-refractivity contribution in [3.63, 3.8) is 0 Å². The van der Waals surface area contributed by atoms with Crippen LogP contribution in [0.2, 0.25) is 0 Å². The number of hydrogen-bond acceptors (Lipinski definition) is 4. The molecule has 0 N–H and O–H groups in total. The summed E-state index contributed by atoms with van der Waals surface area (Å²) in [5.74, 6) is 0.0398. The smallest absolute Gasteiger partial charge is 0.269 e. The third-order valence-electron chi connectivity index (χ3n) is 3.04. The second-order valence-electron chi connectivity index (χ2n) is 4.25. The Balaban J connectivity index is 2.17. The Morgan fingerprint density at radius 1 is 1.22 bits per heavy atom. The zero-order valence-electron chi connectivity index (χ0n) is 9.70. The predicted molar refractivity (Wildman–Crippen MR) is 66.8 cm³/mol. The van der Waals surface area contributed by atoms with Crippen molar-refractivity contribution >= 4 is 22.3 Å². The molecule has 2 rings (SSSR count). The van der Waals surface area contributed by atoms with E-state index in [1.165, 1.54) is 24.3 Å². The van der Waals surface area contributed by atoms with Gasteiger partial charge in [-0.2, -0.15) is 0 Å². The normalized spacial score (nSPS) is 21.6. The highest BCUT2D eigenvalue weighted by molar-refractivity contribution is 7.86. The van der Waals surface area contributed by atoms with Gasteiger partial charge >= 0.3 is 0 Å². The fourth-order valence-electron chi connectivity index (χ4n) is 2.04. The van der Waals surface area contributed by atoms with E-state index in [4.69, 9.17) is 0 Å². The van der Waals surface area contributed by atoms with E-state index in [1.807, 2.05) is 0 Å². The number of benzene rings is 1. The van der Waals surface area contributed by atoms with Crippen LogP contribution in [0.1, 0.15) is 25.7 Å². The van der Waals surface area contributed by atoms with Crippen LogP contribution in [0, 0.1) is 10.1 Å². The van der Waals surface area contributed by atoms with Gasteiger partial charge in [0.2, 0.25) is 0 Å². The molecule has 0 radical (unpaired) electrons. The van der Waals surface area contributed by atoms with Crippen LogP contribution < -0.4 is 0 Å². The highest BCUT2D eigenvalue weighted by Gasteiger charge is 2.28. The topological polar surface area (TPSA) is 77.3 Å². The molecule has 1 aliphatic carbocycles. The third kappa shape index (κ3) is 2.64. The maximum atomic E-state index is 12.2. The molecule has 6 heteroatoms. The van der Waals surface area contributed by atoms with Gasteiger partial charge in [0, 0.05) is 23.4 Å². The molecule has 0 amide bonds. The molecule has 1 aromatic carbocycles. The van der Waals surface area contributed by atoms with Crippen molar-refractivity contribution in [1.29, 1.82) is 0 Å². The summed E-state index contributed by atoms with van der Waals surface area (Å²) in [6, 6.07) is 5.58. The van der Waals surface area contributed by atoms with Crippen LogP contribution >= 0.6 is 0 Å². The lowest BCUT2D eigenvalue weighted by Crippen LogP contribution is -2.29. The van der Waals surface area contributed by atoms with E-state index in [2.05, 4.69) is 0 Å². The molecule has 0 bridgehead atoms. The van der Waals surface area contributed by atoms with Gasteiger partial charge in [0.15, 0.2) is 0 Å². The zero-order chi connectivity index (χ0) is 13.1. The standard InChI is InChI=1S/C12H13NO4S/c14-11-3-1-2-4-12(11)18(17)10-7-5-9(6-8-10)13(15)16/h5-8,12H,1-4H2. The highest BCUT2D eigenvalue weighted by atomic mass is 32.2. The van der Waals surface area contributed by atoms with Crippen molar-refractivity contribution in [2.45, 2.75) is 35.8 Å². The molecule has 0 spiro atoms. The second-order valence-corrected chi connectivity index (χ2v) is 5.88. The van der Waals surface area contributed by atoms with Crippen molar-refractivity contribution in [3.8, 4) is 0 Å². The predicted octanol–water partition coefficient (Wildman–Crippen LogP) is 2.21. The molecule has 1 aromatic rings. The van der Waals surface area contributed by atoms with Gasteiger partial charge < -0.3 is 0 Å². The molecule has 18 heavy (non-hydrogen) atoms. The summed E-state index contributed by atoms with van der Waals surface area (Å²) in [6.45, 7) is 0. The number of nitro groups is 1. The van der Waals surface area contributed by atoms with E-state index in [-0.39, 0.29) is 11.5 Å². The SMILES string of the molecule is O=C1CCCCC1S(=O)c1ccc([N+](=O)[O-])cc1. The van der Waals surface area contributed by atoms with E-state index in [0.29, 0.717) is 17.7 Å². The Bertz CT molecular complexity index is 497. The number of hydrogen-bond donors (Lipinski definition) is 0. The number of Topliss-reactive ketones (excluding diaryl/α,β-unsaturated/α-hetero) is 1. The Morgan fingerprint density at radius 2 is 1.89 bits per heavy atom. The Labute approximate surface area is 107 Å². The lowest BCUT2D eigenvalue weighted by atomic mass is 9.99. The van der Waals surface area contributed by atoms with Crippen molar-refractivity contribution in [2.75, 3.05) is 0 Å². The van der Waals surface area contributed by atoms with Gasteiger partial charge in [0.1, 0.15) is 5.78 Å². The van der Waals surface area contributed by atoms with E-state index >= 15 is 0 Å². The van der Waals surface area contributed by atoms with Gasteiger partial charge in [0.25, 0.3) is 5.69 Å². The third-order valence-corrected chi connectivity index (χ3v) is 4.79. The number of non-ortho nitro benzene ring substituents is 1. The largest absolute Gasteiger partial charge is 0.298 e. The average molecular weight is 267 g/mol. The van der Waals surface area contributed by atoms with Crippen LogP contribution in [0.5, 0.6) is 0 Å². The highest BCUT2D eigenvalue weighted by Crippen LogP contribution is 2.24. The summed E-state index contributed by atoms with van der Waals surface area (Å²) in [4.78, 5) is 22.2. The molecule has 0 heterocycles. The summed E-state index contributed by atoms with van der Waals surface area (Å²) in [7, 11) is -1.39. The maximum Gasteiger partial charge on any atom is 0.269 e. The summed E-state index contributed by atoms with van der Waals surface area (Å²) in [5, 5.41) is 10.1. The van der Waals surface area contributed by atoms with Crippen LogP contribution in [0.25, 0.3) is 0 Å². The molecule has 2 unspecified atom stereocenters. The van der Waals surface area contributed by atoms with Gasteiger partial charge in [-0.15, -0.1) is 0 Å².